The molecule has 0 aliphatic rings. The minimum atomic E-state index is -1.22. The molecule has 0 radical (unpaired) electrons. The topological polar surface area (TPSA) is 111 Å². The Bertz CT molecular complexity index is 619. The Labute approximate surface area is 139 Å². The largest absolute Gasteiger partial charge is 0.449 e. The Hall–Kier alpha value is -2.64. The molecule has 0 unspecified atom stereocenters. The molecule has 4 N–H and O–H groups in total. The lowest BCUT2D eigenvalue weighted by molar-refractivity contribution is -0.123. The van der Waals surface area contributed by atoms with E-state index in [0.717, 1.165) is 0 Å². The zero-order valence-corrected chi connectivity index (χ0v) is 13.9. The van der Waals surface area contributed by atoms with Crippen molar-refractivity contribution in [2.45, 2.75) is 33.2 Å². The smallest absolute Gasteiger partial charge is 0.407 e. The lowest BCUT2D eigenvalue weighted by atomic mass is 10.1. The van der Waals surface area contributed by atoms with Crippen molar-refractivity contribution < 1.29 is 23.5 Å². The van der Waals surface area contributed by atoms with Gasteiger partial charge in [0.2, 0.25) is 11.8 Å². The van der Waals surface area contributed by atoms with Gasteiger partial charge in [0, 0.05) is 11.3 Å². The number of benzene rings is 1. The maximum absolute atomic E-state index is 13.5. The van der Waals surface area contributed by atoms with Crippen molar-refractivity contribution in [2.24, 2.45) is 11.7 Å². The molecular formula is C16H22FN3O4. The van der Waals surface area contributed by atoms with Crippen LogP contribution in [0.25, 0.3) is 0 Å². The summed E-state index contributed by atoms with van der Waals surface area (Å²) in [7, 11) is 0. The van der Waals surface area contributed by atoms with Gasteiger partial charge in [-0.3, -0.25) is 9.59 Å². The van der Waals surface area contributed by atoms with Crippen LogP contribution in [0, 0.1) is 18.7 Å². The number of anilines is 1. The zero-order valence-electron chi connectivity index (χ0n) is 13.9. The SMILES string of the molecule is Cc1c(F)cccc1NC(=O)[C@H](CC(N)=O)NC(=O)OCC(C)C. The normalized spacial score (nSPS) is 11.7. The van der Waals surface area contributed by atoms with Gasteiger partial charge >= 0.3 is 6.09 Å². The third-order valence-electron chi connectivity index (χ3n) is 3.09. The molecular weight excluding hydrogens is 317 g/mol. The molecule has 0 aliphatic carbocycles. The fourth-order valence-corrected chi connectivity index (χ4v) is 1.80. The van der Waals surface area contributed by atoms with Crippen molar-refractivity contribution in [2.75, 3.05) is 11.9 Å². The molecule has 0 spiro atoms. The van der Waals surface area contributed by atoms with E-state index in [9.17, 15) is 18.8 Å². The molecule has 1 aromatic rings. The molecule has 0 aromatic heterocycles. The second-order valence-corrected chi connectivity index (χ2v) is 5.76. The van der Waals surface area contributed by atoms with Crippen LogP contribution in [0.4, 0.5) is 14.9 Å². The number of hydrogen-bond donors (Lipinski definition) is 3. The first-order chi connectivity index (χ1) is 11.2. The van der Waals surface area contributed by atoms with Crippen LogP contribution in [0.3, 0.4) is 0 Å². The maximum Gasteiger partial charge on any atom is 0.407 e. The van der Waals surface area contributed by atoms with Gasteiger partial charge in [0.1, 0.15) is 11.9 Å². The maximum atomic E-state index is 13.5. The molecule has 132 valence electrons. The van der Waals surface area contributed by atoms with Crippen molar-refractivity contribution in [1.82, 2.24) is 5.32 Å². The summed E-state index contributed by atoms with van der Waals surface area (Å²) < 4.78 is 18.4. The summed E-state index contributed by atoms with van der Waals surface area (Å²) in [6, 6.07) is 2.98. The second-order valence-electron chi connectivity index (χ2n) is 5.76. The van der Waals surface area contributed by atoms with Gasteiger partial charge in [-0.25, -0.2) is 9.18 Å². The molecule has 0 bridgehead atoms. The highest BCUT2D eigenvalue weighted by atomic mass is 19.1. The van der Waals surface area contributed by atoms with E-state index < -0.39 is 36.2 Å². The van der Waals surface area contributed by atoms with E-state index >= 15 is 0 Å². The van der Waals surface area contributed by atoms with Crippen molar-refractivity contribution in [3.05, 3.63) is 29.6 Å². The molecule has 3 amide bonds. The first-order valence-electron chi connectivity index (χ1n) is 7.48. The number of rotatable bonds is 7. The van der Waals surface area contributed by atoms with Gasteiger partial charge in [0.15, 0.2) is 0 Å². The van der Waals surface area contributed by atoms with E-state index in [1.807, 2.05) is 13.8 Å². The lowest BCUT2D eigenvalue weighted by Crippen LogP contribution is -2.46. The number of halogens is 1. The first-order valence-corrected chi connectivity index (χ1v) is 7.48. The molecule has 0 aliphatic heterocycles. The molecule has 1 rings (SSSR count). The number of carbonyl (C=O) groups excluding carboxylic acids is 3. The van der Waals surface area contributed by atoms with Crippen LogP contribution in [-0.2, 0) is 14.3 Å². The van der Waals surface area contributed by atoms with Gasteiger partial charge in [-0.2, -0.15) is 0 Å². The van der Waals surface area contributed by atoms with Crippen LogP contribution in [0.15, 0.2) is 18.2 Å². The third-order valence-corrected chi connectivity index (χ3v) is 3.09. The van der Waals surface area contributed by atoms with E-state index in [1.165, 1.54) is 25.1 Å². The number of carbonyl (C=O) groups is 3. The fourth-order valence-electron chi connectivity index (χ4n) is 1.80. The Morgan fingerprint density at radius 3 is 2.54 bits per heavy atom. The Kier molecular flexibility index (Phi) is 7.16. The van der Waals surface area contributed by atoms with Crippen molar-refractivity contribution in [1.29, 1.82) is 0 Å². The summed E-state index contributed by atoms with van der Waals surface area (Å²) in [5.41, 5.74) is 5.59. The Morgan fingerprint density at radius 2 is 1.96 bits per heavy atom. The summed E-state index contributed by atoms with van der Waals surface area (Å²) in [4.78, 5) is 35.1. The first kappa shape index (κ1) is 19.4. The number of hydrogen-bond acceptors (Lipinski definition) is 4. The standard InChI is InChI=1S/C16H22FN3O4/c1-9(2)8-24-16(23)20-13(7-14(18)21)15(22)19-12-6-4-5-11(17)10(12)3/h4-6,9,13H,7-8H2,1-3H3,(H2,18,21)(H,19,22)(H,20,23)/t13-/m0/s1. The lowest BCUT2D eigenvalue weighted by Gasteiger charge is -2.18. The van der Waals surface area contributed by atoms with E-state index in [4.69, 9.17) is 10.5 Å². The molecule has 8 heteroatoms. The van der Waals surface area contributed by atoms with Crippen molar-refractivity contribution >= 4 is 23.6 Å². The van der Waals surface area contributed by atoms with Gasteiger partial charge in [0.05, 0.1) is 13.0 Å². The molecule has 1 aromatic carbocycles. The van der Waals surface area contributed by atoms with Crippen LogP contribution in [0.1, 0.15) is 25.8 Å². The average Bonchev–Trinajstić information content (AvgIpc) is 2.48. The summed E-state index contributed by atoms with van der Waals surface area (Å²) in [5, 5.41) is 4.76. The van der Waals surface area contributed by atoms with Gasteiger partial charge < -0.3 is 21.1 Å². The Balaban J connectivity index is 2.79. The molecule has 0 saturated carbocycles. The van der Waals surface area contributed by atoms with Crippen LogP contribution >= 0.6 is 0 Å². The molecule has 1 atom stereocenters. The zero-order chi connectivity index (χ0) is 18.3. The molecule has 0 saturated heterocycles. The van der Waals surface area contributed by atoms with Gasteiger partial charge in [-0.05, 0) is 25.0 Å². The van der Waals surface area contributed by atoms with E-state index in [2.05, 4.69) is 10.6 Å². The monoisotopic (exact) mass is 339 g/mol. The summed E-state index contributed by atoms with van der Waals surface area (Å²) >= 11 is 0. The van der Waals surface area contributed by atoms with Crippen LogP contribution in [0.2, 0.25) is 0 Å². The fraction of sp³-hybridized carbons (Fsp3) is 0.438. The van der Waals surface area contributed by atoms with Crippen LogP contribution < -0.4 is 16.4 Å². The van der Waals surface area contributed by atoms with E-state index in [1.54, 1.807) is 0 Å². The number of nitrogens with two attached hydrogens (primary N) is 1. The van der Waals surface area contributed by atoms with Gasteiger partial charge in [0.25, 0.3) is 0 Å². The highest BCUT2D eigenvalue weighted by Crippen LogP contribution is 2.17. The van der Waals surface area contributed by atoms with E-state index in [0.29, 0.717) is 0 Å². The predicted octanol–water partition coefficient (Wildman–Crippen LogP) is 1.70. The highest BCUT2D eigenvalue weighted by Gasteiger charge is 2.24. The minimum Gasteiger partial charge on any atom is -0.449 e. The highest BCUT2D eigenvalue weighted by molar-refractivity contribution is 5.99. The molecule has 0 heterocycles. The second kappa shape index (κ2) is 8.85. The summed E-state index contributed by atoms with van der Waals surface area (Å²) in [6.45, 7) is 5.37. The number of alkyl carbamates (subject to hydrolysis) is 1. The third kappa shape index (κ3) is 6.23. The minimum absolute atomic E-state index is 0.120. The average molecular weight is 339 g/mol. The number of nitrogens with one attached hydrogen (secondary N) is 2. The number of ether oxygens (including phenoxy) is 1. The Morgan fingerprint density at radius 1 is 1.29 bits per heavy atom. The molecule has 24 heavy (non-hydrogen) atoms. The number of primary amides is 1. The van der Waals surface area contributed by atoms with E-state index in [-0.39, 0.29) is 23.8 Å². The van der Waals surface area contributed by atoms with Crippen molar-refractivity contribution in [3.63, 3.8) is 0 Å². The van der Waals surface area contributed by atoms with Crippen LogP contribution in [-0.4, -0.2) is 30.6 Å². The van der Waals surface area contributed by atoms with Crippen LogP contribution in [0.5, 0.6) is 0 Å². The summed E-state index contributed by atoms with van der Waals surface area (Å²) in [5.74, 6) is -1.82. The quantitative estimate of drug-likeness (QED) is 0.702. The summed E-state index contributed by atoms with van der Waals surface area (Å²) in [6.07, 6.45) is -1.24. The van der Waals surface area contributed by atoms with Crippen molar-refractivity contribution in [3.8, 4) is 0 Å². The predicted molar refractivity (Wildman–Crippen MR) is 86.7 cm³/mol. The molecule has 0 fully saturated rings. The van der Waals surface area contributed by atoms with Gasteiger partial charge in [-0.1, -0.05) is 19.9 Å². The number of amides is 3. The molecule has 7 nitrogen and oxygen atoms in total. The van der Waals surface area contributed by atoms with Gasteiger partial charge in [-0.15, -0.1) is 0 Å².